The maximum absolute atomic E-state index is 4.41. The Balaban J connectivity index is 2.44. The highest BCUT2D eigenvalue weighted by molar-refractivity contribution is 5.03. The van der Waals surface area contributed by atoms with Crippen LogP contribution in [0, 0.1) is 5.92 Å². The second-order valence-corrected chi connectivity index (χ2v) is 5.19. The number of nitrogens with one attached hydrogen (secondary N) is 1. The Morgan fingerprint density at radius 2 is 2.00 bits per heavy atom. The van der Waals surface area contributed by atoms with Crippen LogP contribution in [0.5, 0.6) is 0 Å². The lowest BCUT2D eigenvalue weighted by molar-refractivity contribution is 0.336. The van der Waals surface area contributed by atoms with E-state index in [-0.39, 0.29) is 0 Å². The van der Waals surface area contributed by atoms with Crippen molar-refractivity contribution in [2.75, 3.05) is 6.54 Å². The van der Waals surface area contributed by atoms with Gasteiger partial charge in [-0.3, -0.25) is 4.98 Å². The monoisotopic (exact) mass is 248 g/mol. The minimum atomic E-state index is 0.631. The summed E-state index contributed by atoms with van der Waals surface area (Å²) in [5, 5.41) is 3.70. The molecule has 2 atom stereocenters. The number of rotatable bonds is 9. The van der Waals surface area contributed by atoms with Gasteiger partial charge in [-0.25, -0.2) is 0 Å². The van der Waals surface area contributed by atoms with Gasteiger partial charge in [-0.1, -0.05) is 33.3 Å². The Kier molecular flexibility index (Phi) is 7.66. The van der Waals surface area contributed by atoms with Gasteiger partial charge >= 0.3 is 0 Å². The summed E-state index contributed by atoms with van der Waals surface area (Å²) in [7, 11) is 0. The molecular weight excluding hydrogens is 220 g/mol. The molecule has 0 radical (unpaired) electrons. The van der Waals surface area contributed by atoms with Crippen LogP contribution in [0.2, 0.25) is 0 Å². The van der Waals surface area contributed by atoms with E-state index in [2.05, 4.69) is 43.2 Å². The standard InChI is InChI=1S/C16H28N2/c1-4-8-14(3)16(18-12-5-2)11-10-15-9-6-7-13-17-15/h6-7,9,13-14,16,18H,4-5,8,10-12H2,1-3H3. The van der Waals surface area contributed by atoms with Crippen molar-refractivity contribution in [3.8, 4) is 0 Å². The van der Waals surface area contributed by atoms with Crippen molar-refractivity contribution in [3.63, 3.8) is 0 Å². The van der Waals surface area contributed by atoms with Crippen LogP contribution in [0.15, 0.2) is 24.4 Å². The van der Waals surface area contributed by atoms with Gasteiger partial charge in [0, 0.05) is 17.9 Å². The summed E-state index contributed by atoms with van der Waals surface area (Å²) in [6.07, 6.45) is 7.95. The summed E-state index contributed by atoms with van der Waals surface area (Å²) in [6, 6.07) is 6.82. The van der Waals surface area contributed by atoms with Crippen LogP contribution in [-0.2, 0) is 6.42 Å². The van der Waals surface area contributed by atoms with Gasteiger partial charge in [0.1, 0.15) is 0 Å². The molecular formula is C16H28N2. The van der Waals surface area contributed by atoms with Gasteiger partial charge in [-0.15, -0.1) is 0 Å². The number of hydrogen-bond acceptors (Lipinski definition) is 2. The number of nitrogens with zero attached hydrogens (tertiary/aromatic N) is 1. The molecule has 0 saturated heterocycles. The molecule has 1 aromatic rings. The Morgan fingerprint density at radius 1 is 1.17 bits per heavy atom. The zero-order valence-electron chi connectivity index (χ0n) is 12.2. The van der Waals surface area contributed by atoms with E-state index in [9.17, 15) is 0 Å². The summed E-state index contributed by atoms with van der Waals surface area (Å²) in [6.45, 7) is 8.00. The van der Waals surface area contributed by atoms with E-state index in [0.717, 1.165) is 18.9 Å². The van der Waals surface area contributed by atoms with Gasteiger partial charge in [-0.05, 0) is 50.3 Å². The minimum Gasteiger partial charge on any atom is -0.314 e. The predicted octanol–water partition coefficient (Wildman–Crippen LogP) is 3.82. The van der Waals surface area contributed by atoms with E-state index in [4.69, 9.17) is 0 Å². The van der Waals surface area contributed by atoms with Gasteiger partial charge in [0.15, 0.2) is 0 Å². The molecule has 0 amide bonds. The zero-order chi connectivity index (χ0) is 13.2. The van der Waals surface area contributed by atoms with Gasteiger partial charge in [-0.2, -0.15) is 0 Å². The van der Waals surface area contributed by atoms with E-state index in [1.807, 2.05) is 12.3 Å². The summed E-state index contributed by atoms with van der Waals surface area (Å²) >= 11 is 0. The third-order valence-corrected chi connectivity index (χ3v) is 3.53. The molecule has 0 aliphatic carbocycles. The first-order valence-electron chi connectivity index (χ1n) is 7.41. The van der Waals surface area contributed by atoms with E-state index in [0.29, 0.717) is 6.04 Å². The number of pyridine rings is 1. The van der Waals surface area contributed by atoms with Gasteiger partial charge in [0.05, 0.1) is 0 Å². The fraction of sp³-hybridized carbons (Fsp3) is 0.688. The highest BCUT2D eigenvalue weighted by Crippen LogP contribution is 2.15. The second-order valence-electron chi connectivity index (χ2n) is 5.19. The summed E-state index contributed by atoms with van der Waals surface area (Å²) in [5.74, 6) is 0.755. The Morgan fingerprint density at radius 3 is 2.61 bits per heavy atom. The van der Waals surface area contributed by atoms with E-state index < -0.39 is 0 Å². The highest BCUT2D eigenvalue weighted by Gasteiger charge is 2.15. The molecule has 1 heterocycles. The van der Waals surface area contributed by atoms with E-state index in [1.165, 1.54) is 31.4 Å². The van der Waals surface area contributed by atoms with Crippen molar-refractivity contribution < 1.29 is 0 Å². The zero-order valence-corrected chi connectivity index (χ0v) is 12.2. The quantitative estimate of drug-likeness (QED) is 0.718. The molecule has 0 bridgehead atoms. The Bertz CT molecular complexity index is 297. The second kappa shape index (κ2) is 9.09. The summed E-state index contributed by atoms with van der Waals surface area (Å²) in [5.41, 5.74) is 1.21. The average Bonchev–Trinajstić information content (AvgIpc) is 2.40. The molecule has 0 aliphatic rings. The van der Waals surface area contributed by atoms with Gasteiger partial charge < -0.3 is 5.32 Å². The van der Waals surface area contributed by atoms with Crippen LogP contribution >= 0.6 is 0 Å². The maximum atomic E-state index is 4.41. The van der Waals surface area contributed by atoms with Crippen molar-refractivity contribution in [2.45, 2.75) is 58.9 Å². The fourth-order valence-electron chi connectivity index (χ4n) is 2.42. The first-order valence-corrected chi connectivity index (χ1v) is 7.41. The van der Waals surface area contributed by atoms with Crippen molar-refractivity contribution in [3.05, 3.63) is 30.1 Å². The van der Waals surface area contributed by atoms with Crippen LogP contribution < -0.4 is 5.32 Å². The molecule has 0 aliphatic heterocycles. The predicted molar refractivity (Wildman–Crippen MR) is 78.7 cm³/mol. The highest BCUT2D eigenvalue weighted by atomic mass is 14.9. The van der Waals surface area contributed by atoms with E-state index >= 15 is 0 Å². The first kappa shape index (κ1) is 15.2. The molecule has 1 rings (SSSR count). The lowest BCUT2D eigenvalue weighted by Gasteiger charge is -2.25. The average molecular weight is 248 g/mol. The van der Waals surface area contributed by atoms with Crippen LogP contribution in [0.4, 0.5) is 0 Å². The molecule has 102 valence electrons. The molecule has 1 aromatic heterocycles. The van der Waals surface area contributed by atoms with E-state index in [1.54, 1.807) is 0 Å². The van der Waals surface area contributed by atoms with Crippen LogP contribution in [0.25, 0.3) is 0 Å². The van der Waals surface area contributed by atoms with Crippen LogP contribution in [0.3, 0.4) is 0 Å². The molecule has 2 heteroatoms. The molecule has 2 unspecified atom stereocenters. The SMILES string of the molecule is CCCNC(CCc1ccccn1)C(C)CCC. The van der Waals surface area contributed by atoms with Gasteiger partial charge in [0.2, 0.25) is 0 Å². The maximum Gasteiger partial charge on any atom is 0.0404 e. The lowest BCUT2D eigenvalue weighted by Crippen LogP contribution is -2.36. The van der Waals surface area contributed by atoms with Crippen LogP contribution in [-0.4, -0.2) is 17.6 Å². The normalized spacial score (nSPS) is 14.4. The van der Waals surface area contributed by atoms with Crippen molar-refractivity contribution >= 4 is 0 Å². The van der Waals surface area contributed by atoms with Crippen molar-refractivity contribution in [2.24, 2.45) is 5.92 Å². The largest absolute Gasteiger partial charge is 0.314 e. The Labute approximate surface area is 112 Å². The number of aromatic nitrogens is 1. The molecule has 1 N–H and O–H groups in total. The van der Waals surface area contributed by atoms with Crippen molar-refractivity contribution in [1.29, 1.82) is 0 Å². The third-order valence-electron chi connectivity index (χ3n) is 3.53. The molecule has 18 heavy (non-hydrogen) atoms. The van der Waals surface area contributed by atoms with Crippen LogP contribution in [0.1, 0.15) is 52.1 Å². The summed E-state index contributed by atoms with van der Waals surface area (Å²) in [4.78, 5) is 4.41. The van der Waals surface area contributed by atoms with Crippen molar-refractivity contribution in [1.82, 2.24) is 10.3 Å². The number of aryl methyl sites for hydroxylation is 1. The first-order chi connectivity index (χ1) is 8.77. The topological polar surface area (TPSA) is 24.9 Å². The molecule has 0 fully saturated rings. The Hall–Kier alpha value is -0.890. The minimum absolute atomic E-state index is 0.631. The lowest BCUT2D eigenvalue weighted by atomic mass is 9.92. The van der Waals surface area contributed by atoms with Gasteiger partial charge in [0.25, 0.3) is 0 Å². The molecule has 0 aromatic carbocycles. The summed E-state index contributed by atoms with van der Waals surface area (Å²) < 4.78 is 0. The molecule has 0 saturated carbocycles. The third kappa shape index (κ3) is 5.63. The fourth-order valence-corrected chi connectivity index (χ4v) is 2.42. The number of hydrogen-bond donors (Lipinski definition) is 1. The molecule has 2 nitrogen and oxygen atoms in total. The smallest absolute Gasteiger partial charge is 0.0404 e. The molecule has 0 spiro atoms.